The van der Waals surface area contributed by atoms with Crippen molar-refractivity contribution in [3.8, 4) is 34.2 Å². The van der Waals surface area contributed by atoms with E-state index in [4.69, 9.17) is 19.4 Å². The third kappa shape index (κ3) is 5.59. The van der Waals surface area contributed by atoms with Crippen LogP contribution in [0.2, 0.25) is 0 Å². The molecule has 0 amide bonds. The van der Waals surface area contributed by atoms with Crippen LogP contribution in [0.5, 0.6) is 0 Å². The highest BCUT2D eigenvalue weighted by Crippen LogP contribution is 2.73. The van der Waals surface area contributed by atoms with Crippen LogP contribution in [0.4, 0.5) is 0 Å². The molecule has 9 aromatic carbocycles. The molecular formula is C53H35N3OS. The average molecular weight is 762 g/mol. The first-order valence-electron chi connectivity index (χ1n) is 19.4. The van der Waals surface area contributed by atoms with Gasteiger partial charge in [0.15, 0.2) is 17.5 Å². The van der Waals surface area contributed by atoms with Crippen molar-refractivity contribution in [3.63, 3.8) is 0 Å². The summed E-state index contributed by atoms with van der Waals surface area (Å²) < 4.78 is 6.52. The molecule has 0 spiro atoms. The molecule has 58 heavy (non-hydrogen) atoms. The Hall–Kier alpha value is -7.34. The molecule has 0 unspecified atom stereocenters. The van der Waals surface area contributed by atoms with Crippen LogP contribution in [-0.4, -0.2) is 15.0 Å². The fourth-order valence-corrected chi connectivity index (χ4v) is 12.3. The number of rotatable bonds is 7. The van der Waals surface area contributed by atoms with Crippen molar-refractivity contribution in [3.05, 3.63) is 212 Å². The molecule has 0 saturated heterocycles. The predicted molar refractivity (Wildman–Crippen MR) is 238 cm³/mol. The van der Waals surface area contributed by atoms with Gasteiger partial charge in [0.2, 0.25) is 0 Å². The van der Waals surface area contributed by atoms with E-state index in [1.165, 1.54) is 19.6 Å². The maximum absolute atomic E-state index is 6.52. The highest BCUT2D eigenvalue weighted by molar-refractivity contribution is 8.34. The lowest BCUT2D eigenvalue weighted by Crippen LogP contribution is -2.06. The standard InChI is InChI=1S/C53H35N3OS/c1-4-22-40(23-5-1)58(41-24-6-2-7-25-41,42-26-8-3-9-27-42)43-28-14-21-39(33-43)51-54-52(45-30-15-20-36-17-12-13-29-44(36)45)56-53(55-51)46-31-16-32-48-50(46)47-34-37-18-10-11-19-38(37)35-49(47)57-48/h1-35H. The van der Waals surface area contributed by atoms with Gasteiger partial charge in [0, 0.05) is 47.0 Å². The Morgan fingerprint density at radius 3 is 1.52 bits per heavy atom. The Morgan fingerprint density at radius 2 is 0.828 bits per heavy atom. The van der Waals surface area contributed by atoms with Crippen LogP contribution in [0.25, 0.3) is 77.6 Å². The van der Waals surface area contributed by atoms with Crippen molar-refractivity contribution < 1.29 is 4.42 Å². The zero-order chi connectivity index (χ0) is 38.5. The second-order valence-corrected chi connectivity index (χ2v) is 17.5. The summed E-state index contributed by atoms with van der Waals surface area (Å²) >= 11 is 0. The number of aromatic nitrogens is 3. The lowest BCUT2D eigenvalue weighted by molar-refractivity contribution is 0.669. The Morgan fingerprint density at radius 1 is 0.328 bits per heavy atom. The van der Waals surface area contributed by atoms with Gasteiger partial charge in [0.25, 0.3) is 0 Å². The summed E-state index contributed by atoms with van der Waals surface area (Å²) in [5.41, 5.74) is 4.38. The van der Waals surface area contributed by atoms with E-state index in [-0.39, 0.29) is 0 Å². The van der Waals surface area contributed by atoms with Gasteiger partial charge in [-0.2, -0.15) is 0 Å². The molecule has 5 heteroatoms. The van der Waals surface area contributed by atoms with Crippen LogP contribution in [0.15, 0.2) is 236 Å². The summed E-state index contributed by atoms with van der Waals surface area (Å²) in [4.78, 5) is 20.9. The molecule has 11 aromatic rings. The molecule has 0 N–H and O–H groups in total. The highest BCUT2D eigenvalue weighted by atomic mass is 32.3. The van der Waals surface area contributed by atoms with Crippen molar-refractivity contribution in [2.24, 2.45) is 0 Å². The molecule has 0 aliphatic carbocycles. The van der Waals surface area contributed by atoms with Gasteiger partial charge in [-0.25, -0.2) is 15.0 Å². The van der Waals surface area contributed by atoms with Crippen molar-refractivity contribution in [1.29, 1.82) is 0 Å². The summed E-state index contributed by atoms with van der Waals surface area (Å²) in [5, 5.41) is 6.51. The van der Waals surface area contributed by atoms with Gasteiger partial charge in [0.1, 0.15) is 11.2 Å². The second kappa shape index (κ2) is 14.0. The number of hydrogen-bond acceptors (Lipinski definition) is 4. The Balaban J connectivity index is 1.19. The average Bonchev–Trinajstić information content (AvgIpc) is 3.67. The third-order valence-corrected chi connectivity index (χ3v) is 14.9. The van der Waals surface area contributed by atoms with Gasteiger partial charge in [-0.05, 0) is 88.3 Å². The van der Waals surface area contributed by atoms with Crippen molar-refractivity contribution in [2.45, 2.75) is 19.6 Å². The summed E-state index contributed by atoms with van der Waals surface area (Å²) in [5.74, 6) is 1.81. The van der Waals surface area contributed by atoms with E-state index >= 15 is 0 Å². The minimum absolute atomic E-state index is 0.590. The molecule has 0 fully saturated rings. The monoisotopic (exact) mass is 761 g/mol. The van der Waals surface area contributed by atoms with Crippen molar-refractivity contribution >= 4 is 53.5 Å². The SMILES string of the molecule is c1ccc(S(c2ccccc2)(c2ccccc2)c2cccc(-c3nc(-c4cccc5ccccc45)nc(-c4cccc5oc6cc7ccccc7cc6c45)n3)c2)cc1. The number of benzene rings is 9. The fourth-order valence-electron chi connectivity index (χ4n) is 8.38. The minimum Gasteiger partial charge on any atom is -0.456 e. The zero-order valence-corrected chi connectivity index (χ0v) is 32.2. The Labute approximate surface area is 337 Å². The first-order chi connectivity index (χ1) is 28.7. The van der Waals surface area contributed by atoms with Crippen LogP contribution in [-0.2, 0) is 0 Å². The number of nitrogens with zero attached hydrogens (tertiary/aromatic N) is 3. The van der Waals surface area contributed by atoms with Gasteiger partial charge < -0.3 is 4.42 Å². The highest BCUT2D eigenvalue weighted by Gasteiger charge is 2.33. The van der Waals surface area contributed by atoms with E-state index in [1.54, 1.807) is 0 Å². The van der Waals surface area contributed by atoms with E-state index in [2.05, 4.69) is 200 Å². The summed E-state index contributed by atoms with van der Waals surface area (Å²) in [6, 6.07) is 75.2. The minimum atomic E-state index is -1.94. The van der Waals surface area contributed by atoms with E-state index in [9.17, 15) is 0 Å². The van der Waals surface area contributed by atoms with E-state index < -0.39 is 10.0 Å². The van der Waals surface area contributed by atoms with E-state index in [0.717, 1.165) is 60.2 Å². The van der Waals surface area contributed by atoms with E-state index in [1.807, 2.05) is 12.1 Å². The summed E-state index contributed by atoms with van der Waals surface area (Å²) in [7, 11) is -1.94. The molecule has 2 heterocycles. The predicted octanol–water partition coefficient (Wildman–Crippen LogP) is 14.4. The molecular weight excluding hydrogens is 727 g/mol. The van der Waals surface area contributed by atoms with Crippen molar-refractivity contribution in [2.75, 3.05) is 0 Å². The molecule has 274 valence electrons. The molecule has 0 aliphatic heterocycles. The summed E-state index contributed by atoms with van der Waals surface area (Å²) in [6.45, 7) is 0. The maximum atomic E-state index is 6.52. The maximum Gasteiger partial charge on any atom is 0.164 e. The van der Waals surface area contributed by atoms with Gasteiger partial charge in [-0.1, -0.05) is 146 Å². The fraction of sp³-hybridized carbons (Fsp3) is 0. The Kier molecular flexibility index (Phi) is 8.19. The molecule has 4 nitrogen and oxygen atoms in total. The lowest BCUT2D eigenvalue weighted by Gasteiger charge is -2.42. The second-order valence-electron chi connectivity index (χ2n) is 14.4. The first kappa shape index (κ1) is 34.0. The number of furan rings is 1. The molecule has 0 radical (unpaired) electrons. The van der Waals surface area contributed by atoms with Crippen LogP contribution in [0, 0.1) is 0 Å². The smallest absolute Gasteiger partial charge is 0.164 e. The van der Waals surface area contributed by atoms with Crippen LogP contribution in [0.3, 0.4) is 0 Å². The molecule has 0 atom stereocenters. The van der Waals surface area contributed by atoms with Crippen LogP contribution < -0.4 is 0 Å². The molecule has 0 bridgehead atoms. The number of fused-ring (bicyclic) bond motifs is 5. The first-order valence-corrected chi connectivity index (χ1v) is 21.1. The van der Waals surface area contributed by atoms with Gasteiger partial charge in [-0.3, -0.25) is 0 Å². The quantitative estimate of drug-likeness (QED) is 0.162. The zero-order valence-electron chi connectivity index (χ0n) is 31.4. The molecule has 2 aromatic heterocycles. The topological polar surface area (TPSA) is 51.8 Å². The van der Waals surface area contributed by atoms with Crippen molar-refractivity contribution in [1.82, 2.24) is 15.0 Å². The van der Waals surface area contributed by atoms with Gasteiger partial charge in [-0.15, -0.1) is 10.0 Å². The summed E-state index contributed by atoms with van der Waals surface area (Å²) in [6.07, 6.45) is 0. The molecule has 0 saturated carbocycles. The normalized spacial score (nSPS) is 12.1. The van der Waals surface area contributed by atoms with Crippen LogP contribution in [0.1, 0.15) is 0 Å². The lowest BCUT2D eigenvalue weighted by atomic mass is 10.0. The Bertz CT molecular complexity index is 3190. The van der Waals surface area contributed by atoms with E-state index in [0.29, 0.717) is 17.5 Å². The molecule has 11 rings (SSSR count). The number of hydrogen-bond donors (Lipinski definition) is 0. The van der Waals surface area contributed by atoms with Gasteiger partial charge in [0.05, 0.1) is 0 Å². The van der Waals surface area contributed by atoms with Gasteiger partial charge >= 0.3 is 0 Å². The third-order valence-electron chi connectivity index (χ3n) is 11.0. The van der Waals surface area contributed by atoms with Crippen LogP contribution >= 0.6 is 10.0 Å². The largest absolute Gasteiger partial charge is 0.456 e. The molecule has 0 aliphatic rings.